The van der Waals surface area contributed by atoms with Crippen LogP contribution >= 0.6 is 11.6 Å². The van der Waals surface area contributed by atoms with Crippen LogP contribution in [-0.4, -0.2) is 36.5 Å². The lowest BCUT2D eigenvalue weighted by atomic mass is 10.1. The Morgan fingerprint density at radius 1 is 1.45 bits per heavy atom. The number of carbonyl (C=O) groups is 1. The third-order valence-corrected chi connectivity index (χ3v) is 6.40. The van der Waals surface area contributed by atoms with Crippen molar-refractivity contribution in [2.75, 3.05) is 5.75 Å². The molecule has 0 bridgehead atoms. The molecule has 0 aliphatic carbocycles. The van der Waals surface area contributed by atoms with Crippen molar-refractivity contribution in [1.82, 2.24) is 9.62 Å². The number of benzene rings is 1. The van der Waals surface area contributed by atoms with Gasteiger partial charge in [0.15, 0.2) is 0 Å². The molecular formula is C15H21ClN2O3S. The minimum Gasteiger partial charge on any atom is -0.351 e. The molecule has 1 saturated heterocycles. The van der Waals surface area contributed by atoms with Gasteiger partial charge in [0.25, 0.3) is 0 Å². The van der Waals surface area contributed by atoms with Crippen LogP contribution in [0.4, 0.5) is 0 Å². The normalized spacial score (nSPS) is 21.2. The fourth-order valence-electron chi connectivity index (χ4n) is 2.76. The predicted octanol–water partition coefficient (Wildman–Crippen LogP) is 2.08. The topological polar surface area (TPSA) is 66.5 Å². The molecule has 22 heavy (non-hydrogen) atoms. The van der Waals surface area contributed by atoms with Crippen molar-refractivity contribution in [3.63, 3.8) is 0 Å². The van der Waals surface area contributed by atoms with E-state index in [0.717, 1.165) is 11.1 Å². The molecule has 0 aromatic heterocycles. The molecule has 1 aromatic rings. The number of nitrogens with one attached hydrogen (secondary N) is 1. The zero-order valence-corrected chi connectivity index (χ0v) is 14.5. The van der Waals surface area contributed by atoms with E-state index in [4.69, 9.17) is 11.6 Å². The number of sulfonamides is 1. The van der Waals surface area contributed by atoms with E-state index in [0.29, 0.717) is 18.0 Å². The van der Waals surface area contributed by atoms with Crippen LogP contribution < -0.4 is 5.32 Å². The van der Waals surface area contributed by atoms with Crippen LogP contribution in [0, 0.1) is 6.92 Å². The molecular weight excluding hydrogens is 324 g/mol. The van der Waals surface area contributed by atoms with Crippen LogP contribution in [0.15, 0.2) is 18.2 Å². The lowest BCUT2D eigenvalue weighted by Crippen LogP contribution is -2.47. The summed E-state index contributed by atoms with van der Waals surface area (Å²) in [5.41, 5.74) is 1.85. The van der Waals surface area contributed by atoms with Crippen molar-refractivity contribution in [1.29, 1.82) is 0 Å². The Morgan fingerprint density at radius 2 is 2.14 bits per heavy atom. The van der Waals surface area contributed by atoms with Gasteiger partial charge in [0, 0.05) is 17.6 Å². The third-order valence-electron chi connectivity index (χ3n) is 3.92. The quantitative estimate of drug-likeness (QED) is 0.909. The highest BCUT2D eigenvalue weighted by Gasteiger charge is 2.42. The first-order valence-electron chi connectivity index (χ1n) is 7.27. The van der Waals surface area contributed by atoms with Crippen LogP contribution in [-0.2, 0) is 21.4 Å². The average molecular weight is 345 g/mol. The third kappa shape index (κ3) is 3.45. The smallest absolute Gasteiger partial charge is 0.238 e. The molecule has 0 unspecified atom stereocenters. The van der Waals surface area contributed by atoms with Gasteiger partial charge in [0.1, 0.15) is 6.04 Å². The van der Waals surface area contributed by atoms with Gasteiger partial charge < -0.3 is 5.32 Å². The van der Waals surface area contributed by atoms with E-state index in [9.17, 15) is 13.2 Å². The highest BCUT2D eigenvalue weighted by molar-refractivity contribution is 7.89. The maximum absolute atomic E-state index is 12.4. The first-order chi connectivity index (χ1) is 10.2. The van der Waals surface area contributed by atoms with Crippen LogP contribution in [0.2, 0.25) is 5.02 Å². The Kier molecular flexibility index (Phi) is 5.14. The summed E-state index contributed by atoms with van der Waals surface area (Å²) in [6.07, 6.45) is 0.334. The molecule has 7 heteroatoms. The maximum atomic E-state index is 12.4. The molecule has 1 heterocycles. The average Bonchev–Trinajstić information content (AvgIpc) is 2.76. The van der Waals surface area contributed by atoms with E-state index in [1.54, 1.807) is 19.9 Å². The number of hydrogen-bond donors (Lipinski definition) is 1. The second-order valence-electron chi connectivity index (χ2n) is 5.79. The van der Waals surface area contributed by atoms with E-state index in [-0.39, 0.29) is 17.7 Å². The first-order valence-corrected chi connectivity index (χ1v) is 9.25. The number of hydrogen-bond acceptors (Lipinski definition) is 3. The second-order valence-corrected chi connectivity index (χ2v) is 8.19. The molecule has 2 rings (SSSR count). The van der Waals surface area contributed by atoms with E-state index in [1.807, 2.05) is 19.1 Å². The van der Waals surface area contributed by atoms with Gasteiger partial charge in [-0.2, -0.15) is 4.31 Å². The Bertz CT molecular complexity index is 673. The molecule has 1 aliphatic rings. The van der Waals surface area contributed by atoms with Gasteiger partial charge in [-0.25, -0.2) is 8.42 Å². The fraction of sp³-hybridized carbons (Fsp3) is 0.533. The molecule has 122 valence electrons. The van der Waals surface area contributed by atoms with Crippen LogP contribution in [0.1, 0.15) is 31.4 Å². The Hall–Kier alpha value is -1.11. The molecule has 5 nitrogen and oxygen atoms in total. The Morgan fingerprint density at radius 3 is 2.77 bits per heavy atom. The van der Waals surface area contributed by atoms with Crippen molar-refractivity contribution in [2.45, 2.75) is 45.8 Å². The number of nitrogens with zero attached hydrogens (tertiary/aromatic N) is 1. The van der Waals surface area contributed by atoms with Crippen LogP contribution in [0.3, 0.4) is 0 Å². The van der Waals surface area contributed by atoms with Gasteiger partial charge in [0.2, 0.25) is 15.9 Å². The molecule has 0 saturated carbocycles. The monoisotopic (exact) mass is 344 g/mol. The van der Waals surface area contributed by atoms with Crippen molar-refractivity contribution < 1.29 is 13.2 Å². The summed E-state index contributed by atoms with van der Waals surface area (Å²) in [7, 11) is -3.33. The minimum atomic E-state index is -3.33. The fourth-order valence-corrected chi connectivity index (χ4v) is 4.92. The van der Waals surface area contributed by atoms with Crippen molar-refractivity contribution >= 4 is 27.5 Å². The molecule has 0 spiro atoms. The van der Waals surface area contributed by atoms with E-state index < -0.39 is 16.1 Å². The summed E-state index contributed by atoms with van der Waals surface area (Å²) >= 11 is 6.06. The molecule has 1 atom stereocenters. The van der Waals surface area contributed by atoms with Gasteiger partial charge in [-0.3, -0.25) is 4.79 Å². The lowest BCUT2D eigenvalue weighted by molar-refractivity contribution is -0.125. The largest absolute Gasteiger partial charge is 0.351 e. The lowest BCUT2D eigenvalue weighted by Gasteiger charge is -2.25. The summed E-state index contributed by atoms with van der Waals surface area (Å²) in [5.74, 6) is -0.228. The molecule has 1 aliphatic heterocycles. The van der Waals surface area contributed by atoms with Crippen molar-refractivity contribution in [2.24, 2.45) is 0 Å². The zero-order chi connectivity index (χ0) is 16.5. The Labute approximate surface area is 136 Å². The number of halogens is 1. The molecule has 1 amide bonds. The molecule has 1 fully saturated rings. The summed E-state index contributed by atoms with van der Waals surface area (Å²) < 4.78 is 25.4. The van der Waals surface area contributed by atoms with Gasteiger partial charge in [-0.05, 0) is 44.4 Å². The van der Waals surface area contributed by atoms with E-state index in [1.165, 1.54) is 4.31 Å². The Balaban J connectivity index is 2.08. The van der Waals surface area contributed by atoms with Crippen LogP contribution in [0.5, 0.6) is 0 Å². The highest BCUT2D eigenvalue weighted by Crippen LogP contribution is 2.24. The van der Waals surface area contributed by atoms with Gasteiger partial charge in [0.05, 0.1) is 5.75 Å². The molecule has 1 aromatic carbocycles. The summed E-state index contributed by atoms with van der Waals surface area (Å²) in [6, 6.07) is 4.68. The zero-order valence-electron chi connectivity index (χ0n) is 13.0. The number of carbonyl (C=O) groups excluding carboxylic acids is 1. The minimum absolute atomic E-state index is 0.0272. The number of amides is 1. The second kappa shape index (κ2) is 6.56. The molecule has 1 N–H and O–H groups in total. The SMILES string of the molecule is Cc1c(Cl)cccc1CNC(=O)[C@@H]1CCS(=O)(=O)N1C(C)C. The van der Waals surface area contributed by atoms with Gasteiger partial charge >= 0.3 is 0 Å². The van der Waals surface area contributed by atoms with Crippen molar-refractivity contribution in [3.8, 4) is 0 Å². The summed E-state index contributed by atoms with van der Waals surface area (Å²) in [6.45, 7) is 5.80. The van der Waals surface area contributed by atoms with Gasteiger partial charge in [-0.1, -0.05) is 23.7 Å². The highest BCUT2D eigenvalue weighted by atomic mass is 35.5. The first kappa shape index (κ1) is 17.2. The number of rotatable bonds is 4. The standard InChI is InChI=1S/C15H21ClN2O3S/c1-10(2)18-14(7-8-22(18,20)21)15(19)17-9-12-5-4-6-13(16)11(12)3/h4-6,10,14H,7-9H2,1-3H3,(H,17,19)/t14-/m0/s1. The predicted molar refractivity (Wildman–Crippen MR) is 87.2 cm³/mol. The summed E-state index contributed by atoms with van der Waals surface area (Å²) in [5, 5.41) is 3.48. The van der Waals surface area contributed by atoms with Crippen molar-refractivity contribution in [3.05, 3.63) is 34.3 Å². The maximum Gasteiger partial charge on any atom is 0.238 e. The van der Waals surface area contributed by atoms with Crippen LogP contribution in [0.25, 0.3) is 0 Å². The summed E-state index contributed by atoms with van der Waals surface area (Å²) in [4.78, 5) is 12.4. The van der Waals surface area contributed by atoms with Gasteiger partial charge in [-0.15, -0.1) is 0 Å². The molecule has 0 radical (unpaired) electrons. The van der Waals surface area contributed by atoms with E-state index in [2.05, 4.69) is 5.32 Å². The van der Waals surface area contributed by atoms with E-state index >= 15 is 0 Å².